The van der Waals surface area contributed by atoms with Crippen molar-refractivity contribution in [3.05, 3.63) is 0 Å². The van der Waals surface area contributed by atoms with Crippen LogP contribution >= 0.6 is 15.9 Å². The topological polar surface area (TPSA) is 26.3 Å². The smallest absolute Gasteiger partial charge is 0.313 e. The molecular formula is C10H9BrO2. The second kappa shape index (κ2) is 1.40. The molecule has 13 heavy (non-hydrogen) atoms. The number of halogens is 1. The second-order valence-electron chi connectivity index (χ2n) is 5.36. The van der Waals surface area contributed by atoms with Gasteiger partial charge >= 0.3 is 5.97 Å². The Morgan fingerprint density at radius 2 is 1.69 bits per heavy atom. The molecule has 68 valence electrons. The Bertz CT molecular complexity index is 313. The van der Waals surface area contributed by atoms with Crippen LogP contribution in [0, 0.1) is 46.8 Å². The molecule has 3 heteroatoms. The lowest BCUT2D eigenvalue weighted by atomic mass is 8.96. The summed E-state index contributed by atoms with van der Waals surface area (Å²) in [4.78, 5) is 11.8. The molecular weight excluding hydrogens is 232 g/mol. The average Bonchev–Trinajstić information content (AvgIpc) is 2.18. The summed E-state index contributed by atoms with van der Waals surface area (Å²) >= 11 is 3.16. The highest BCUT2D eigenvalue weighted by atomic mass is 79.9. The molecule has 2 nitrogen and oxygen atoms in total. The SMILES string of the molecule is O=C(OCBr)C12C3C4C5C3C1C5C42. The van der Waals surface area contributed by atoms with Crippen molar-refractivity contribution in [3.63, 3.8) is 0 Å². The van der Waals surface area contributed by atoms with E-state index >= 15 is 0 Å². The van der Waals surface area contributed by atoms with Crippen LogP contribution in [0.5, 0.6) is 0 Å². The minimum atomic E-state index is 0.0858. The zero-order valence-corrected chi connectivity index (χ0v) is 8.53. The molecule has 0 unspecified atom stereocenters. The molecule has 0 aromatic rings. The maximum absolute atomic E-state index is 11.8. The lowest BCUT2D eigenvalue weighted by molar-refractivity contribution is -0.598. The third-order valence-corrected chi connectivity index (χ3v) is 6.24. The molecule has 0 N–H and O–H groups in total. The van der Waals surface area contributed by atoms with Gasteiger partial charge in [0.25, 0.3) is 0 Å². The quantitative estimate of drug-likeness (QED) is 0.537. The van der Waals surface area contributed by atoms with Crippen molar-refractivity contribution in [1.82, 2.24) is 0 Å². The van der Waals surface area contributed by atoms with Crippen molar-refractivity contribution in [2.24, 2.45) is 46.8 Å². The van der Waals surface area contributed by atoms with Gasteiger partial charge in [0.2, 0.25) is 0 Å². The van der Waals surface area contributed by atoms with Gasteiger partial charge in [0, 0.05) is 0 Å². The molecule has 0 aromatic heterocycles. The Kier molecular flexibility index (Phi) is 0.695. The number of esters is 1. The van der Waals surface area contributed by atoms with Gasteiger partial charge in [-0.25, -0.2) is 0 Å². The third-order valence-electron chi connectivity index (χ3n) is 6.02. The molecule has 6 rings (SSSR count). The maximum atomic E-state index is 11.8. The summed E-state index contributed by atoms with van der Waals surface area (Å²) in [6.45, 7) is 0. The number of rotatable bonds is 2. The zero-order chi connectivity index (χ0) is 8.53. The molecule has 0 aromatic carbocycles. The first-order valence-corrected chi connectivity index (χ1v) is 6.20. The van der Waals surface area contributed by atoms with E-state index in [9.17, 15) is 4.79 Å². The molecule has 0 aliphatic heterocycles. The fourth-order valence-corrected chi connectivity index (χ4v) is 6.22. The Balaban J connectivity index is 1.56. The second-order valence-corrected chi connectivity index (χ2v) is 5.82. The van der Waals surface area contributed by atoms with Gasteiger partial charge in [-0.2, -0.15) is 0 Å². The van der Waals surface area contributed by atoms with Crippen LogP contribution in [0.25, 0.3) is 0 Å². The molecule has 6 fully saturated rings. The maximum Gasteiger partial charge on any atom is 0.313 e. The normalized spacial score (nSPS) is 76.2. The summed E-state index contributed by atoms with van der Waals surface area (Å²) in [6, 6.07) is 0. The van der Waals surface area contributed by atoms with Gasteiger partial charge in [0.15, 0.2) is 0 Å². The molecule has 0 saturated heterocycles. The summed E-state index contributed by atoms with van der Waals surface area (Å²) in [5.74, 6) is 6.47. The van der Waals surface area contributed by atoms with Crippen molar-refractivity contribution in [3.8, 4) is 0 Å². The fraction of sp³-hybridized carbons (Fsp3) is 0.900. The summed E-state index contributed by atoms with van der Waals surface area (Å²) < 4.78 is 5.13. The third kappa shape index (κ3) is 0.299. The summed E-state index contributed by atoms with van der Waals surface area (Å²) in [6.07, 6.45) is 0. The van der Waals surface area contributed by atoms with Gasteiger partial charge < -0.3 is 4.74 Å². The molecule has 0 spiro atoms. The molecule has 0 bridgehead atoms. The first-order chi connectivity index (χ1) is 6.35. The summed E-state index contributed by atoms with van der Waals surface area (Å²) in [5, 5.41) is 0. The molecule has 0 amide bonds. The lowest BCUT2D eigenvalue weighted by Crippen LogP contribution is -3.06. The van der Waals surface area contributed by atoms with E-state index in [0.717, 1.165) is 41.4 Å². The van der Waals surface area contributed by atoms with Crippen LogP contribution < -0.4 is 0 Å². The van der Waals surface area contributed by atoms with Crippen LogP contribution in [-0.4, -0.2) is 11.5 Å². The predicted molar refractivity (Wildman–Crippen MR) is 46.7 cm³/mol. The first kappa shape index (κ1) is 6.44. The number of carbonyl (C=O) groups is 1. The van der Waals surface area contributed by atoms with Gasteiger partial charge in [-0.05, 0) is 57.4 Å². The summed E-state index contributed by atoms with van der Waals surface area (Å²) in [5.41, 5.74) is 0.464. The highest BCUT2D eigenvalue weighted by Crippen LogP contribution is 3.05. The number of hydrogen-bond donors (Lipinski definition) is 0. The van der Waals surface area contributed by atoms with Gasteiger partial charge in [0.05, 0.1) is 5.41 Å². The largest absolute Gasteiger partial charge is 0.454 e. The standard InChI is InChI=1S/C10H9BrO2/c11-1-13-9(12)10-6-3-2-4(6)8(10)5(2)7(3)10/h2-8H,1H2. The number of carbonyl (C=O) groups excluding carboxylic acids is 1. The van der Waals surface area contributed by atoms with E-state index in [1.54, 1.807) is 0 Å². The Hall–Kier alpha value is -0.0500. The van der Waals surface area contributed by atoms with Crippen LogP contribution in [0.15, 0.2) is 0 Å². The van der Waals surface area contributed by atoms with E-state index in [0.29, 0.717) is 5.52 Å². The van der Waals surface area contributed by atoms with E-state index < -0.39 is 0 Å². The molecule has 0 atom stereocenters. The van der Waals surface area contributed by atoms with Crippen LogP contribution in [0.1, 0.15) is 0 Å². The van der Waals surface area contributed by atoms with Gasteiger partial charge in [-0.15, -0.1) is 0 Å². The highest BCUT2D eigenvalue weighted by molar-refractivity contribution is 9.09. The van der Waals surface area contributed by atoms with Crippen molar-refractivity contribution in [2.45, 2.75) is 0 Å². The van der Waals surface area contributed by atoms with Crippen LogP contribution in [0.4, 0.5) is 0 Å². The number of alkyl halides is 1. The van der Waals surface area contributed by atoms with Crippen molar-refractivity contribution < 1.29 is 9.53 Å². The van der Waals surface area contributed by atoms with Crippen molar-refractivity contribution in [1.29, 1.82) is 0 Å². The van der Waals surface area contributed by atoms with E-state index in [4.69, 9.17) is 4.74 Å². The van der Waals surface area contributed by atoms with E-state index in [1.165, 1.54) is 0 Å². The van der Waals surface area contributed by atoms with Crippen molar-refractivity contribution >= 4 is 21.9 Å². The Morgan fingerprint density at radius 1 is 1.15 bits per heavy atom. The van der Waals surface area contributed by atoms with Gasteiger partial charge in [0.1, 0.15) is 5.52 Å². The van der Waals surface area contributed by atoms with E-state index in [2.05, 4.69) is 15.9 Å². The minimum absolute atomic E-state index is 0.0858. The molecule has 6 saturated carbocycles. The molecule has 0 heterocycles. The number of hydrogen-bond acceptors (Lipinski definition) is 2. The molecule has 6 aliphatic rings. The van der Waals surface area contributed by atoms with E-state index in [1.807, 2.05) is 0 Å². The minimum Gasteiger partial charge on any atom is -0.454 e. The van der Waals surface area contributed by atoms with Crippen LogP contribution in [0.3, 0.4) is 0 Å². The highest BCUT2D eigenvalue weighted by Gasteiger charge is 3.06. The van der Waals surface area contributed by atoms with Crippen LogP contribution in [0.2, 0.25) is 0 Å². The lowest BCUT2D eigenvalue weighted by Gasteiger charge is -3.06. The number of ether oxygens (including phenoxy) is 1. The predicted octanol–water partition coefficient (Wildman–Crippen LogP) is 1.25. The summed E-state index contributed by atoms with van der Waals surface area (Å²) in [7, 11) is 0. The van der Waals surface area contributed by atoms with Crippen molar-refractivity contribution in [2.75, 3.05) is 5.52 Å². The first-order valence-electron chi connectivity index (χ1n) is 5.08. The Morgan fingerprint density at radius 3 is 2.15 bits per heavy atom. The Labute approximate surface area is 84.1 Å². The van der Waals surface area contributed by atoms with Gasteiger partial charge in [-0.3, -0.25) is 4.79 Å². The van der Waals surface area contributed by atoms with E-state index in [-0.39, 0.29) is 11.4 Å². The monoisotopic (exact) mass is 240 g/mol. The fourth-order valence-electron chi connectivity index (χ4n) is 6.01. The van der Waals surface area contributed by atoms with Gasteiger partial charge in [-0.1, -0.05) is 0 Å². The van der Waals surface area contributed by atoms with Crippen LogP contribution in [-0.2, 0) is 9.53 Å². The zero-order valence-electron chi connectivity index (χ0n) is 6.94. The molecule has 6 aliphatic carbocycles. The molecule has 0 radical (unpaired) electrons. The average molecular weight is 241 g/mol.